The molecule has 0 radical (unpaired) electrons. The molecule has 0 saturated heterocycles. The third kappa shape index (κ3) is 5.97. The molecule has 2 amide bonds. The van der Waals surface area contributed by atoms with Gasteiger partial charge in [-0.2, -0.15) is 0 Å². The number of nitrogens with zero attached hydrogens (tertiary/aromatic N) is 1. The first-order valence-electron chi connectivity index (χ1n) is 8.82. The summed E-state index contributed by atoms with van der Waals surface area (Å²) in [5.41, 5.74) is 0.807. The van der Waals surface area contributed by atoms with Gasteiger partial charge < -0.3 is 24.4 Å². The van der Waals surface area contributed by atoms with Gasteiger partial charge in [0, 0.05) is 31.3 Å². The van der Waals surface area contributed by atoms with Crippen LogP contribution in [0, 0.1) is 0 Å². The molecule has 0 bridgehead atoms. The van der Waals surface area contributed by atoms with Gasteiger partial charge in [0.2, 0.25) is 6.10 Å². The van der Waals surface area contributed by atoms with E-state index in [0.29, 0.717) is 17.1 Å². The molecule has 0 spiro atoms. The SMILES string of the molecule is COc1cc(OC)cc(C(=O)NCC(=O)O[C@@H](C(=O)N(C)C)c2ccccc2)c1. The van der Waals surface area contributed by atoms with Crippen LogP contribution in [0.3, 0.4) is 0 Å². The van der Waals surface area contributed by atoms with Gasteiger partial charge >= 0.3 is 5.97 Å². The Balaban J connectivity index is 2.05. The normalized spacial score (nSPS) is 11.2. The zero-order valence-electron chi connectivity index (χ0n) is 16.8. The van der Waals surface area contributed by atoms with Crippen LogP contribution in [0.15, 0.2) is 48.5 Å². The molecular formula is C21H24N2O6. The molecule has 0 unspecified atom stereocenters. The molecule has 154 valence electrons. The minimum absolute atomic E-state index is 0.262. The number of methoxy groups -OCH3 is 2. The van der Waals surface area contributed by atoms with Crippen molar-refractivity contribution in [2.75, 3.05) is 34.9 Å². The Morgan fingerprint density at radius 1 is 0.966 bits per heavy atom. The van der Waals surface area contributed by atoms with Crippen molar-refractivity contribution in [3.63, 3.8) is 0 Å². The van der Waals surface area contributed by atoms with Crippen molar-refractivity contribution in [2.45, 2.75) is 6.10 Å². The van der Waals surface area contributed by atoms with Crippen LogP contribution in [-0.2, 0) is 14.3 Å². The van der Waals surface area contributed by atoms with Gasteiger partial charge in [0.25, 0.3) is 11.8 Å². The minimum atomic E-state index is -1.09. The van der Waals surface area contributed by atoms with Gasteiger partial charge in [-0.15, -0.1) is 0 Å². The Bertz CT molecular complexity index is 844. The fraction of sp³-hybridized carbons (Fsp3) is 0.286. The number of carbonyl (C=O) groups excluding carboxylic acids is 3. The summed E-state index contributed by atoms with van der Waals surface area (Å²) < 4.78 is 15.6. The maximum atomic E-state index is 12.4. The van der Waals surface area contributed by atoms with Gasteiger partial charge in [-0.3, -0.25) is 14.4 Å². The Kier molecular flexibility index (Phi) is 7.59. The summed E-state index contributed by atoms with van der Waals surface area (Å²) in [6.45, 7) is -0.400. The van der Waals surface area contributed by atoms with Gasteiger partial charge in [0.05, 0.1) is 14.2 Å². The van der Waals surface area contributed by atoms with Crippen molar-refractivity contribution in [3.8, 4) is 11.5 Å². The first-order valence-corrected chi connectivity index (χ1v) is 8.82. The Labute approximate surface area is 169 Å². The number of amides is 2. The molecule has 0 heterocycles. The molecule has 1 N–H and O–H groups in total. The third-order valence-corrected chi connectivity index (χ3v) is 4.02. The number of esters is 1. The summed E-state index contributed by atoms with van der Waals surface area (Å²) in [5, 5.41) is 2.48. The summed E-state index contributed by atoms with van der Waals surface area (Å²) in [6.07, 6.45) is -1.09. The Hall–Kier alpha value is -3.55. The molecule has 0 fully saturated rings. The lowest BCUT2D eigenvalue weighted by Gasteiger charge is -2.21. The van der Waals surface area contributed by atoms with Crippen LogP contribution in [0.1, 0.15) is 22.0 Å². The van der Waals surface area contributed by atoms with Crippen molar-refractivity contribution in [2.24, 2.45) is 0 Å². The maximum Gasteiger partial charge on any atom is 0.326 e. The van der Waals surface area contributed by atoms with Crippen molar-refractivity contribution in [3.05, 3.63) is 59.7 Å². The molecule has 8 heteroatoms. The largest absolute Gasteiger partial charge is 0.497 e. The van der Waals surface area contributed by atoms with Gasteiger partial charge in [0.15, 0.2) is 0 Å². The summed E-state index contributed by atoms with van der Waals surface area (Å²) in [7, 11) is 6.09. The lowest BCUT2D eigenvalue weighted by molar-refractivity contribution is -0.158. The van der Waals surface area contributed by atoms with Crippen LogP contribution < -0.4 is 14.8 Å². The number of hydrogen-bond donors (Lipinski definition) is 1. The van der Waals surface area contributed by atoms with E-state index >= 15 is 0 Å². The fourth-order valence-electron chi connectivity index (χ4n) is 2.49. The van der Waals surface area contributed by atoms with E-state index in [2.05, 4.69) is 5.32 Å². The average molecular weight is 400 g/mol. The molecule has 29 heavy (non-hydrogen) atoms. The van der Waals surface area contributed by atoms with E-state index in [9.17, 15) is 14.4 Å². The van der Waals surface area contributed by atoms with Crippen molar-refractivity contribution in [1.29, 1.82) is 0 Å². The summed E-state index contributed by atoms with van der Waals surface area (Å²) in [4.78, 5) is 38.4. The second-order valence-corrected chi connectivity index (χ2v) is 6.30. The number of ether oxygens (including phenoxy) is 3. The molecule has 8 nitrogen and oxygen atoms in total. The van der Waals surface area contributed by atoms with Crippen LogP contribution in [0.25, 0.3) is 0 Å². The lowest BCUT2D eigenvalue weighted by atomic mass is 10.1. The average Bonchev–Trinajstić information content (AvgIpc) is 2.75. The van der Waals surface area contributed by atoms with Gasteiger partial charge in [0.1, 0.15) is 18.0 Å². The molecule has 2 aromatic carbocycles. The highest BCUT2D eigenvalue weighted by Gasteiger charge is 2.26. The summed E-state index contributed by atoms with van der Waals surface area (Å²) >= 11 is 0. The number of carbonyl (C=O) groups is 3. The molecule has 2 rings (SSSR count). The second kappa shape index (κ2) is 10.1. The van der Waals surface area contributed by atoms with Crippen LogP contribution in [0.4, 0.5) is 0 Å². The monoisotopic (exact) mass is 400 g/mol. The van der Waals surface area contributed by atoms with E-state index in [-0.39, 0.29) is 11.5 Å². The van der Waals surface area contributed by atoms with Crippen molar-refractivity contribution >= 4 is 17.8 Å². The molecule has 0 aliphatic rings. The summed E-state index contributed by atoms with van der Waals surface area (Å²) in [6, 6.07) is 13.3. The molecule has 0 aliphatic carbocycles. The predicted molar refractivity (Wildman–Crippen MR) is 106 cm³/mol. The smallest absolute Gasteiger partial charge is 0.326 e. The fourth-order valence-corrected chi connectivity index (χ4v) is 2.49. The lowest BCUT2D eigenvalue weighted by Crippen LogP contribution is -2.35. The van der Waals surface area contributed by atoms with Crippen molar-refractivity contribution in [1.82, 2.24) is 10.2 Å². The molecule has 2 aromatic rings. The number of rotatable bonds is 8. The quantitative estimate of drug-likeness (QED) is 0.679. The topological polar surface area (TPSA) is 94.2 Å². The highest BCUT2D eigenvalue weighted by molar-refractivity contribution is 5.97. The Morgan fingerprint density at radius 2 is 1.55 bits per heavy atom. The number of nitrogens with one attached hydrogen (secondary N) is 1. The maximum absolute atomic E-state index is 12.4. The molecule has 0 aromatic heterocycles. The molecule has 0 aliphatic heterocycles. The molecular weight excluding hydrogens is 376 g/mol. The zero-order valence-corrected chi connectivity index (χ0v) is 16.8. The standard InChI is InChI=1S/C21H24N2O6/c1-23(2)21(26)19(14-8-6-5-7-9-14)29-18(24)13-22-20(25)15-10-16(27-3)12-17(11-15)28-4/h5-12,19H,13H2,1-4H3,(H,22,25)/t19-/m1/s1. The first-order chi connectivity index (χ1) is 13.8. The van der Waals surface area contributed by atoms with Gasteiger partial charge in [-0.05, 0) is 12.1 Å². The van der Waals surface area contributed by atoms with Crippen LogP contribution in [0.2, 0.25) is 0 Å². The number of likely N-dealkylation sites (N-methyl/N-ethyl adjacent to an activating group) is 1. The third-order valence-electron chi connectivity index (χ3n) is 4.02. The first kappa shape index (κ1) is 21.7. The van der Waals surface area contributed by atoms with Gasteiger partial charge in [-0.25, -0.2) is 0 Å². The van der Waals surface area contributed by atoms with Crippen LogP contribution in [0.5, 0.6) is 11.5 Å². The highest BCUT2D eigenvalue weighted by Crippen LogP contribution is 2.22. The van der Waals surface area contributed by atoms with E-state index < -0.39 is 24.5 Å². The number of hydrogen-bond acceptors (Lipinski definition) is 6. The predicted octanol–water partition coefficient (Wildman–Crippen LogP) is 1.81. The van der Waals surface area contributed by atoms with Crippen molar-refractivity contribution < 1.29 is 28.6 Å². The molecule has 0 saturated carbocycles. The van der Waals surface area contributed by atoms with Crippen LogP contribution in [-0.4, -0.2) is 57.5 Å². The number of benzene rings is 2. The van der Waals surface area contributed by atoms with Crippen LogP contribution >= 0.6 is 0 Å². The molecule has 1 atom stereocenters. The second-order valence-electron chi connectivity index (χ2n) is 6.30. The Morgan fingerprint density at radius 3 is 2.07 bits per heavy atom. The van der Waals surface area contributed by atoms with E-state index in [1.165, 1.54) is 31.3 Å². The van der Waals surface area contributed by atoms with E-state index in [1.807, 2.05) is 0 Å². The van der Waals surface area contributed by atoms with E-state index in [1.54, 1.807) is 50.5 Å². The minimum Gasteiger partial charge on any atom is -0.497 e. The highest BCUT2D eigenvalue weighted by atomic mass is 16.5. The van der Waals surface area contributed by atoms with E-state index in [4.69, 9.17) is 14.2 Å². The van der Waals surface area contributed by atoms with Gasteiger partial charge in [-0.1, -0.05) is 30.3 Å². The summed E-state index contributed by atoms with van der Waals surface area (Å²) in [5.74, 6) is -0.740. The zero-order chi connectivity index (χ0) is 21.4. The van der Waals surface area contributed by atoms with E-state index in [0.717, 1.165) is 0 Å².